The molecular formula is C23H35N3O2+2. The molecule has 3 aliphatic rings. The molecule has 4 rings (SSSR count). The number of benzene rings is 1. The Labute approximate surface area is 168 Å². The lowest BCUT2D eigenvalue weighted by molar-refractivity contribution is -0.964. The zero-order chi connectivity index (χ0) is 19.5. The number of nitrogens with one attached hydrogen (secondary N) is 2. The van der Waals surface area contributed by atoms with Crippen molar-refractivity contribution in [2.24, 2.45) is 0 Å². The summed E-state index contributed by atoms with van der Waals surface area (Å²) in [5, 5.41) is 0. The van der Waals surface area contributed by atoms with Crippen molar-refractivity contribution in [3.63, 3.8) is 0 Å². The van der Waals surface area contributed by atoms with Crippen LogP contribution in [0.25, 0.3) is 0 Å². The molecule has 2 aliphatic heterocycles. The third-order valence-electron chi connectivity index (χ3n) is 6.65. The zero-order valence-corrected chi connectivity index (χ0v) is 17.4. The predicted octanol–water partition coefficient (Wildman–Crippen LogP) is -0.131. The number of Topliss-reactive ketones (excluding diaryl/α,β-unsaturated/α-hetero) is 1. The highest BCUT2D eigenvalue weighted by molar-refractivity contribution is 5.97. The minimum Gasteiger partial charge on any atom is -0.370 e. The van der Waals surface area contributed by atoms with Crippen molar-refractivity contribution in [3.8, 4) is 0 Å². The normalized spacial score (nSPS) is 26.7. The van der Waals surface area contributed by atoms with Gasteiger partial charge in [-0.15, -0.1) is 0 Å². The first kappa shape index (κ1) is 19.6. The maximum Gasteiger partial charge on any atom is 0.166 e. The second kappa shape index (κ2) is 8.76. The molecule has 0 amide bonds. The average Bonchev–Trinajstić information content (AvgIpc) is 2.73. The van der Waals surface area contributed by atoms with Crippen molar-refractivity contribution < 1.29 is 19.3 Å². The van der Waals surface area contributed by atoms with Gasteiger partial charge in [0.2, 0.25) is 0 Å². The molecule has 5 heteroatoms. The predicted molar refractivity (Wildman–Crippen MR) is 109 cm³/mol. The number of rotatable bonds is 5. The van der Waals surface area contributed by atoms with Crippen LogP contribution in [0.2, 0.25) is 0 Å². The van der Waals surface area contributed by atoms with Crippen LogP contribution in [0.15, 0.2) is 41.6 Å². The van der Waals surface area contributed by atoms with Crippen LogP contribution >= 0.6 is 0 Å². The summed E-state index contributed by atoms with van der Waals surface area (Å²) >= 11 is 0. The van der Waals surface area contributed by atoms with Crippen LogP contribution in [0.4, 0.5) is 0 Å². The molecule has 1 aliphatic carbocycles. The van der Waals surface area contributed by atoms with Crippen LogP contribution in [-0.2, 0) is 9.53 Å². The number of hydrogen-bond donors (Lipinski definition) is 2. The fraction of sp³-hybridized carbons (Fsp3) is 0.609. The van der Waals surface area contributed by atoms with Crippen molar-refractivity contribution in [1.29, 1.82) is 0 Å². The summed E-state index contributed by atoms with van der Waals surface area (Å²) in [7, 11) is 0. The molecule has 1 aromatic rings. The molecule has 0 bridgehead atoms. The Morgan fingerprint density at radius 1 is 1.07 bits per heavy atom. The maximum atomic E-state index is 13.1. The van der Waals surface area contributed by atoms with E-state index in [1.54, 1.807) is 4.90 Å². The molecule has 0 spiro atoms. The minimum absolute atomic E-state index is 0.327. The quantitative estimate of drug-likeness (QED) is 0.742. The number of ether oxygens (including phenoxy) is 1. The van der Waals surface area contributed by atoms with Gasteiger partial charge in [0.25, 0.3) is 0 Å². The summed E-state index contributed by atoms with van der Waals surface area (Å²) in [4.78, 5) is 18.8. The average molecular weight is 386 g/mol. The molecule has 2 N–H and O–H groups in total. The molecule has 1 saturated heterocycles. The molecule has 1 unspecified atom stereocenters. The summed E-state index contributed by atoms with van der Waals surface area (Å²) in [5.74, 6) is 0.699. The first-order chi connectivity index (χ1) is 13.6. The monoisotopic (exact) mass is 385 g/mol. The molecule has 28 heavy (non-hydrogen) atoms. The van der Waals surface area contributed by atoms with Gasteiger partial charge in [0.15, 0.2) is 12.5 Å². The lowest BCUT2D eigenvalue weighted by atomic mass is 9.80. The third kappa shape index (κ3) is 4.32. The van der Waals surface area contributed by atoms with E-state index in [-0.39, 0.29) is 0 Å². The van der Waals surface area contributed by atoms with Gasteiger partial charge in [0.05, 0.1) is 18.8 Å². The SMILES string of the molecule is CC(C)N1C[NH+](CC[NH+]2CCOCC2)CC2=C1C[C@H](c1ccccc1)CC2=O. The Bertz CT molecular complexity index is 710. The first-order valence-electron chi connectivity index (χ1n) is 10.9. The Kier molecular flexibility index (Phi) is 6.14. The third-order valence-corrected chi connectivity index (χ3v) is 6.65. The fourth-order valence-corrected chi connectivity index (χ4v) is 4.96. The van der Waals surface area contributed by atoms with Crippen LogP contribution in [0.1, 0.15) is 38.2 Å². The smallest absolute Gasteiger partial charge is 0.166 e. The zero-order valence-electron chi connectivity index (χ0n) is 17.4. The van der Waals surface area contributed by atoms with Gasteiger partial charge < -0.3 is 19.4 Å². The standard InChI is InChI=1S/C23H33N3O2/c1-18(2)26-17-25(9-8-24-10-12-28-13-11-24)16-21-22(26)14-20(15-23(21)27)19-6-4-3-5-7-19/h3-7,18,20H,8-17H2,1-2H3/p+2/t20-/m0/s1. The van der Waals surface area contributed by atoms with E-state index in [0.29, 0.717) is 24.2 Å². The molecule has 0 radical (unpaired) electrons. The van der Waals surface area contributed by atoms with Crippen molar-refractivity contribution >= 4 is 5.78 Å². The van der Waals surface area contributed by atoms with E-state index in [4.69, 9.17) is 4.74 Å². The lowest BCUT2D eigenvalue weighted by Crippen LogP contribution is -3.22. The van der Waals surface area contributed by atoms with Crippen LogP contribution < -0.4 is 9.80 Å². The van der Waals surface area contributed by atoms with E-state index in [1.807, 2.05) is 0 Å². The van der Waals surface area contributed by atoms with Crippen molar-refractivity contribution in [3.05, 3.63) is 47.2 Å². The second-order valence-corrected chi connectivity index (χ2v) is 8.88. The van der Waals surface area contributed by atoms with Crippen LogP contribution in [0.3, 0.4) is 0 Å². The van der Waals surface area contributed by atoms with Crippen LogP contribution in [0.5, 0.6) is 0 Å². The summed E-state index contributed by atoms with van der Waals surface area (Å²) < 4.78 is 5.48. The molecule has 152 valence electrons. The highest BCUT2D eigenvalue weighted by Crippen LogP contribution is 2.36. The van der Waals surface area contributed by atoms with Crippen molar-refractivity contribution in [2.75, 3.05) is 52.6 Å². The molecule has 1 aromatic carbocycles. The van der Waals surface area contributed by atoms with E-state index in [1.165, 1.54) is 22.7 Å². The second-order valence-electron chi connectivity index (χ2n) is 8.88. The molecule has 0 aromatic heterocycles. The Hall–Kier alpha value is -1.69. The van der Waals surface area contributed by atoms with Gasteiger partial charge in [-0.2, -0.15) is 0 Å². The lowest BCUT2D eigenvalue weighted by Gasteiger charge is -2.43. The largest absolute Gasteiger partial charge is 0.370 e. The summed E-state index contributed by atoms with van der Waals surface area (Å²) in [5.41, 5.74) is 3.73. The minimum atomic E-state index is 0.327. The summed E-state index contributed by atoms with van der Waals surface area (Å²) in [6.07, 6.45) is 1.67. The molecule has 0 saturated carbocycles. The van der Waals surface area contributed by atoms with Crippen molar-refractivity contribution in [1.82, 2.24) is 4.90 Å². The Morgan fingerprint density at radius 2 is 1.79 bits per heavy atom. The van der Waals surface area contributed by atoms with E-state index in [0.717, 1.165) is 58.1 Å². The number of allylic oxidation sites excluding steroid dienone is 1. The van der Waals surface area contributed by atoms with Crippen molar-refractivity contribution in [2.45, 2.75) is 38.6 Å². The van der Waals surface area contributed by atoms with Gasteiger partial charge in [-0.05, 0) is 31.7 Å². The van der Waals surface area contributed by atoms with Gasteiger partial charge in [-0.3, -0.25) is 4.79 Å². The van der Waals surface area contributed by atoms with Gasteiger partial charge in [0, 0.05) is 18.2 Å². The van der Waals surface area contributed by atoms with E-state index < -0.39 is 0 Å². The Balaban J connectivity index is 1.48. The van der Waals surface area contributed by atoms with Gasteiger partial charge in [-0.1, -0.05) is 30.3 Å². The van der Waals surface area contributed by atoms with E-state index in [9.17, 15) is 4.79 Å². The molecular weight excluding hydrogens is 350 g/mol. The number of morpholine rings is 1. The van der Waals surface area contributed by atoms with Crippen LogP contribution in [0, 0.1) is 0 Å². The highest BCUT2D eigenvalue weighted by atomic mass is 16.5. The number of carbonyl (C=O) groups is 1. The van der Waals surface area contributed by atoms with E-state index in [2.05, 4.69) is 49.1 Å². The number of nitrogens with zero attached hydrogens (tertiary/aromatic N) is 1. The number of carbonyl (C=O) groups excluding carboxylic acids is 1. The number of quaternary nitrogens is 2. The topological polar surface area (TPSA) is 38.4 Å². The Morgan fingerprint density at radius 3 is 2.50 bits per heavy atom. The van der Waals surface area contributed by atoms with E-state index >= 15 is 0 Å². The molecule has 1 fully saturated rings. The summed E-state index contributed by atoms with van der Waals surface area (Å²) in [6.45, 7) is 12.8. The number of ketones is 1. The molecule has 5 nitrogen and oxygen atoms in total. The fourth-order valence-electron chi connectivity index (χ4n) is 4.96. The molecule has 2 heterocycles. The number of hydrogen-bond acceptors (Lipinski definition) is 3. The van der Waals surface area contributed by atoms with Gasteiger partial charge in [-0.25, -0.2) is 0 Å². The van der Waals surface area contributed by atoms with Crippen LogP contribution in [-0.4, -0.2) is 69.3 Å². The highest BCUT2D eigenvalue weighted by Gasteiger charge is 2.38. The van der Waals surface area contributed by atoms with Gasteiger partial charge in [0.1, 0.15) is 32.7 Å². The maximum absolute atomic E-state index is 13.1. The molecule has 2 atom stereocenters. The van der Waals surface area contributed by atoms with Gasteiger partial charge >= 0.3 is 0 Å². The summed E-state index contributed by atoms with van der Waals surface area (Å²) in [6, 6.07) is 11.0. The first-order valence-corrected chi connectivity index (χ1v) is 10.9.